The topological polar surface area (TPSA) is 64.2 Å². The van der Waals surface area contributed by atoms with Crippen molar-refractivity contribution in [2.75, 3.05) is 32.2 Å². The van der Waals surface area contributed by atoms with Crippen molar-refractivity contribution in [2.24, 2.45) is 0 Å². The minimum atomic E-state index is -0.337. The normalized spacial score (nSPS) is 11.8. The van der Waals surface area contributed by atoms with Crippen LogP contribution in [0, 0.1) is 0 Å². The molecule has 24 heavy (non-hydrogen) atoms. The molecular formula is C19H25N2O3+. The zero-order chi connectivity index (χ0) is 17.2. The van der Waals surface area contributed by atoms with E-state index in [4.69, 9.17) is 9.47 Å². The molecule has 2 aromatic rings. The summed E-state index contributed by atoms with van der Waals surface area (Å²) >= 11 is 0. The second-order valence-electron chi connectivity index (χ2n) is 5.32. The van der Waals surface area contributed by atoms with Crippen LogP contribution in [0.3, 0.4) is 0 Å². The molecular weight excluding hydrogens is 304 g/mol. The number of ether oxygens (including phenoxy) is 2. The molecule has 2 rings (SSSR count). The number of carbonyl (C=O) groups excluding carboxylic acids is 1. The van der Waals surface area contributed by atoms with Crippen LogP contribution in [0.2, 0.25) is 0 Å². The van der Waals surface area contributed by atoms with Crippen molar-refractivity contribution in [3.63, 3.8) is 0 Å². The zero-order valence-corrected chi connectivity index (χ0v) is 14.2. The summed E-state index contributed by atoms with van der Waals surface area (Å²) in [6.45, 7) is 3.77. The number of quaternary nitrogens is 1. The van der Waals surface area contributed by atoms with E-state index < -0.39 is 0 Å². The third kappa shape index (κ3) is 5.08. The molecule has 0 aromatic heterocycles. The summed E-state index contributed by atoms with van der Waals surface area (Å²) in [6.07, 6.45) is 0. The quantitative estimate of drug-likeness (QED) is 0.692. The summed E-state index contributed by atoms with van der Waals surface area (Å²) in [5.41, 5.74) is 1.64. The maximum absolute atomic E-state index is 12.8. The van der Waals surface area contributed by atoms with E-state index in [1.54, 1.807) is 7.11 Å². The standard InChI is InChI=1S/C19H24N2O3/c1-3-24-17-12-8-7-11-16(17)21-19(22)18(20-13-14-23-2)15-9-5-4-6-10-15/h4-12,18,20H,3,13-14H2,1-2H3,(H,21,22)/p+1/t18-/m1/s1. The van der Waals surface area contributed by atoms with Gasteiger partial charge < -0.3 is 20.1 Å². The molecule has 0 aliphatic rings. The van der Waals surface area contributed by atoms with Crippen LogP contribution in [-0.2, 0) is 9.53 Å². The summed E-state index contributed by atoms with van der Waals surface area (Å²) in [4.78, 5) is 12.8. The van der Waals surface area contributed by atoms with Gasteiger partial charge in [-0.05, 0) is 19.1 Å². The summed E-state index contributed by atoms with van der Waals surface area (Å²) < 4.78 is 10.7. The molecule has 5 nitrogen and oxygen atoms in total. The first-order chi connectivity index (χ1) is 11.8. The minimum absolute atomic E-state index is 0.0792. The fraction of sp³-hybridized carbons (Fsp3) is 0.316. The Morgan fingerprint density at radius 3 is 2.54 bits per heavy atom. The van der Waals surface area contributed by atoms with Crippen LogP contribution in [0.25, 0.3) is 0 Å². The van der Waals surface area contributed by atoms with Crippen molar-refractivity contribution in [3.05, 3.63) is 60.2 Å². The molecule has 1 atom stereocenters. The molecule has 1 amide bonds. The van der Waals surface area contributed by atoms with Crippen LogP contribution in [0.5, 0.6) is 5.75 Å². The number of amides is 1. The molecule has 0 heterocycles. The van der Waals surface area contributed by atoms with Crippen molar-refractivity contribution >= 4 is 11.6 Å². The predicted molar refractivity (Wildman–Crippen MR) is 94.1 cm³/mol. The molecule has 0 unspecified atom stereocenters. The highest BCUT2D eigenvalue weighted by Gasteiger charge is 2.24. The molecule has 0 fully saturated rings. The SMILES string of the molecule is CCOc1ccccc1NC(=O)[C@H]([NH2+]CCOC)c1ccccc1. The van der Waals surface area contributed by atoms with Crippen LogP contribution < -0.4 is 15.4 Å². The third-order valence-corrected chi connectivity index (χ3v) is 3.61. The average Bonchev–Trinajstić information content (AvgIpc) is 2.61. The number of anilines is 1. The van der Waals surface area contributed by atoms with E-state index >= 15 is 0 Å². The number of nitrogens with one attached hydrogen (secondary N) is 1. The Balaban J connectivity index is 2.15. The number of nitrogens with two attached hydrogens (primary N) is 1. The molecule has 5 heteroatoms. The Morgan fingerprint density at radius 1 is 1.12 bits per heavy atom. The number of carbonyl (C=O) groups is 1. The molecule has 128 valence electrons. The first-order valence-corrected chi connectivity index (χ1v) is 8.16. The van der Waals surface area contributed by atoms with E-state index in [1.165, 1.54) is 0 Å². The summed E-state index contributed by atoms with van der Waals surface area (Å²) in [7, 11) is 1.66. The van der Waals surface area contributed by atoms with E-state index in [-0.39, 0.29) is 11.9 Å². The van der Waals surface area contributed by atoms with Gasteiger partial charge >= 0.3 is 0 Å². The summed E-state index contributed by atoms with van der Waals surface area (Å²) in [5.74, 6) is 0.599. The Hall–Kier alpha value is -2.37. The highest BCUT2D eigenvalue weighted by Crippen LogP contribution is 2.24. The van der Waals surface area contributed by atoms with Gasteiger partial charge in [0.25, 0.3) is 5.91 Å². The van der Waals surface area contributed by atoms with Crippen molar-refractivity contribution in [1.82, 2.24) is 0 Å². The van der Waals surface area contributed by atoms with Crippen LogP contribution in [0.15, 0.2) is 54.6 Å². The van der Waals surface area contributed by atoms with E-state index in [1.807, 2.05) is 66.8 Å². The molecule has 0 radical (unpaired) electrons. The van der Waals surface area contributed by atoms with Crippen LogP contribution in [0.4, 0.5) is 5.69 Å². The minimum Gasteiger partial charge on any atom is -0.492 e. The molecule has 0 saturated heterocycles. The van der Waals surface area contributed by atoms with Gasteiger partial charge in [0.1, 0.15) is 12.3 Å². The van der Waals surface area contributed by atoms with Gasteiger partial charge in [0.05, 0.1) is 18.9 Å². The van der Waals surface area contributed by atoms with Crippen molar-refractivity contribution in [1.29, 1.82) is 0 Å². The average molecular weight is 329 g/mol. The third-order valence-electron chi connectivity index (χ3n) is 3.61. The fourth-order valence-corrected chi connectivity index (χ4v) is 2.47. The smallest absolute Gasteiger partial charge is 0.287 e. The predicted octanol–water partition coefficient (Wildman–Crippen LogP) is 1.97. The second-order valence-corrected chi connectivity index (χ2v) is 5.32. The van der Waals surface area contributed by atoms with Gasteiger partial charge in [-0.15, -0.1) is 0 Å². The summed E-state index contributed by atoms with van der Waals surface area (Å²) in [6, 6.07) is 16.9. The monoisotopic (exact) mass is 329 g/mol. The lowest BCUT2D eigenvalue weighted by Gasteiger charge is -2.17. The lowest BCUT2D eigenvalue weighted by atomic mass is 10.1. The number of rotatable bonds is 9. The maximum Gasteiger partial charge on any atom is 0.287 e. The first kappa shape index (κ1) is 18.0. The number of benzene rings is 2. The fourth-order valence-electron chi connectivity index (χ4n) is 2.47. The van der Waals surface area contributed by atoms with Gasteiger partial charge in [-0.2, -0.15) is 0 Å². The Bertz CT molecular complexity index is 632. The van der Waals surface area contributed by atoms with Gasteiger partial charge in [-0.25, -0.2) is 0 Å². The van der Waals surface area contributed by atoms with Crippen molar-refractivity contribution < 1.29 is 19.6 Å². The molecule has 0 saturated carbocycles. The van der Waals surface area contributed by atoms with E-state index in [0.29, 0.717) is 31.2 Å². The lowest BCUT2D eigenvalue weighted by Crippen LogP contribution is -2.88. The second kappa shape index (κ2) is 9.70. The highest BCUT2D eigenvalue weighted by molar-refractivity contribution is 5.95. The van der Waals surface area contributed by atoms with Crippen LogP contribution >= 0.6 is 0 Å². The number of para-hydroxylation sites is 2. The van der Waals surface area contributed by atoms with Gasteiger partial charge in [0.2, 0.25) is 0 Å². The Kier molecular flexibility index (Phi) is 7.26. The zero-order valence-electron chi connectivity index (χ0n) is 14.2. The molecule has 0 spiro atoms. The number of hydrogen-bond donors (Lipinski definition) is 2. The van der Waals surface area contributed by atoms with Gasteiger partial charge in [0, 0.05) is 12.7 Å². The van der Waals surface area contributed by atoms with Gasteiger partial charge in [-0.1, -0.05) is 42.5 Å². The van der Waals surface area contributed by atoms with Crippen LogP contribution in [-0.4, -0.2) is 32.8 Å². The van der Waals surface area contributed by atoms with E-state index in [0.717, 1.165) is 5.56 Å². The first-order valence-electron chi connectivity index (χ1n) is 8.16. The number of methoxy groups -OCH3 is 1. The number of hydrogen-bond acceptors (Lipinski definition) is 3. The Morgan fingerprint density at radius 2 is 1.83 bits per heavy atom. The van der Waals surface area contributed by atoms with Crippen molar-refractivity contribution in [3.8, 4) is 5.75 Å². The summed E-state index contributed by atoms with van der Waals surface area (Å²) in [5, 5.41) is 4.97. The highest BCUT2D eigenvalue weighted by atomic mass is 16.5. The molecule has 2 aromatic carbocycles. The molecule has 0 aliphatic heterocycles. The van der Waals surface area contributed by atoms with Gasteiger partial charge in [0.15, 0.2) is 6.04 Å². The lowest BCUT2D eigenvalue weighted by molar-refractivity contribution is -0.683. The molecule has 0 bridgehead atoms. The largest absolute Gasteiger partial charge is 0.492 e. The van der Waals surface area contributed by atoms with E-state index in [9.17, 15) is 4.79 Å². The molecule has 0 aliphatic carbocycles. The van der Waals surface area contributed by atoms with Gasteiger partial charge in [-0.3, -0.25) is 4.79 Å². The van der Waals surface area contributed by atoms with Crippen LogP contribution in [0.1, 0.15) is 18.5 Å². The molecule has 3 N–H and O–H groups in total. The Labute approximate surface area is 143 Å². The van der Waals surface area contributed by atoms with E-state index in [2.05, 4.69) is 5.32 Å². The van der Waals surface area contributed by atoms with Crippen molar-refractivity contribution in [2.45, 2.75) is 13.0 Å². The maximum atomic E-state index is 12.8.